The Morgan fingerprint density at radius 1 is 1.30 bits per heavy atom. The van der Waals surface area contributed by atoms with Gasteiger partial charge in [0.15, 0.2) is 0 Å². The van der Waals surface area contributed by atoms with Gasteiger partial charge in [0.2, 0.25) is 0 Å². The molecule has 1 aromatic heterocycles. The molecular formula is C23H18N2O2. The van der Waals surface area contributed by atoms with Gasteiger partial charge in [0, 0.05) is 30.3 Å². The van der Waals surface area contributed by atoms with E-state index in [0.29, 0.717) is 18.7 Å². The Labute approximate surface area is 158 Å². The van der Waals surface area contributed by atoms with Gasteiger partial charge in [-0.25, -0.2) is 0 Å². The number of allylic oxidation sites excluding steroid dienone is 5. The van der Waals surface area contributed by atoms with Crippen LogP contribution in [0.5, 0.6) is 0 Å². The van der Waals surface area contributed by atoms with E-state index in [2.05, 4.69) is 12.6 Å². The third kappa shape index (κ3) is 2.94. The number of carbonyl (C=O) groups excluding carboxylic acids is 1. The molecule has 1 atom stereocenters. The lowest BCUT2D eigenvalue weighted by Crippen LogP contribution is -2.27. The van der Waals surface area contributed by atoms with Crippen LogP contribution in [-0.2, 0) is 4.79 Å². The lowest BCUT2D eigenvalue weighted by Gasteiger charge is -2.33. The maximum atomic E-state index is 12.8. The molecule has 0 spiro atoms. The number of rotatable bonds is 4. The zero-order valence-electron chi connectivity index (χ0n) is 14.8. The predicted octanol–water partition coefficient (Wildman–Crippen LogP) is 4.58. The Balaban J connectivity index is 1.93. The van der Waals surface area contributed by atoms with Crippen molar-refractivity contribution in [3.8, 4) is 6.07 Å². The van der Waals surface area contributed by atoms with Crippen molar-refractivity contribution >= 4 is 11.4 Å². The SMILES string of the molecule is C=CCN1C=C2CC(=O)C(c3ccoc3)C=C2C(c2ccccc2)=C1C#N. The monoisotopic (exact) mass is 354 g/mol. The minimum atomic E-state index is -0.361. The first kappa shape index (κ1) is 16.9. The highest BCUT2D eigenvalue weighted by Gasteiger charge is 2.33. The zero-order chi connectivity index (χ0) is 18.8. The lowest BCUT2D eigenvalue weighted by atomic mass is 9.77. The molecular weight excluding hydrogens is 336 g/mol. The number of hydrogen-bond acceptors (Lipinski definition) is 4. The number of Topliss-reactive ketones (excluding diaryl/α,β-unsaturated/α-hetero) is 1. The van der Waals surface area contributed by atoms with Gasteiger partial charge in [-0.3, -0.25) is 4.79 Å². The van der Waals surface area contributed by atoms with Crippen molar-refractivity contribution in [1.29, 1.82) is 5.26 Å². The van der Waals surface area contributed by atoms with Crippen LogP contribution in [0.3, 0.4) is 0 Å². The number of fused-ring (bicyclic) bond motifs is 1. The molecule has 0 fully saturated rings. The van der Waals surface area contributed by atoms with Gasteiger partial charge < -0.3 is 9.32 Å². The normalized spacial score (nSPS) is 19.1. The van der Waals surface area contributed by atoms with Crippen molar-refractivity contribution in [2.45, 2.75) is 12.3 Å². The van der Waals surface area contributed by atoms with E-state index in [4.69, 9.17) is 4.42 Å². The molecule has 2 heterocycles. The molecule has 2 aliphatic rings. The molecule has 2 aromatic rings. The highest BCUT2D eigenvalue weighted by molar-refractivity contribution is 5.99. The molecule has 1 aliphatic heterocycles. The third-order valence-electron chi connectivity index (χ3n) is 4.89. The average molecular weight is 354 g/mol. The van der Waals surface area contributed by atoms with Gasteiger partial charge in [-0.05, 0) is 22.8 Å². The second-order valence-electron chi connectivity index (χ2n) is 6.55. The first-order valence-corrected chi connectivity index (χ1v) is 8.78. The fourth-order valence-electron chi connectivity index (χ4n) is 3.68. The Bertz CT molecular complexity index is 1020. The van der Waals surface area contributed by atoms with Crippen LogP contribution in [-0.4, -0.2) is 17.2 Å². The number of hydrogen-bond donors (Lipinski definition) is 0. The fourth-order valence-corrected chi connectivity index (χ4v) is 3.68. The van der Waals surface area contributed by atoms with Crippen LogP contribution in [0.2, 0.25) is 0 Å². The smallest absolute Gasteiger partial charge is 0.148 e. The predicted molar refractivity (Wildman–Crippen MR) is 103 cm³/mol. The van der Waals surface area contributed by atoms with Gasteiger partial charge in [0.05, 0.1) is 18.4 Å². The largest absolute Gasteiger partial charge is 0.472 e. The van der Waals surface area contributed by atoms with Gasteiger partial charge in [0.25, 0.3) is 0 Å². The summed E-state index contributed by atoms with van der Waals surface area (Å²) < 4.78 is 5.18. The Hall–Kier alpha value is -3.58. The van der Waals surface area contributed by atoms with E-state index in [1.165, 1.54) is 0 Å². The van der Waals surface area contributed by atoms with Gasteiger partial charge >= 0.3 is 0 Å². The minimum Gasteiger partial charge on any atom is -0.472 e. The van der Waals surface area contributed by atoms with E-state index >= 15 is 0 Å². The van der Waals surface area contributed by atoms with E-state index in [9.17, 15) is 10.1 Å². The van der Waals surface area contributed by atoms with E-state index in [-0.39, 0.29) is 11.7 Å². The summed E-state index contributed by atoms with van der Waals surface area (Å²) >= 11 is 0. The second kappa shape index (κ2) is 6.97. The van der Waals surface area contributed by atoms with Gasteiger partial charge in [0.1, 0.15) is 17.5 Å². The average Bonchev–Trinajstić information content (AvgIpc) is 3.22. The molecule has 0 amide bonds. The molecule has 1 unspecified atom stereocenters. The van der Waals surface area contributed by atoms with Crippen LogP contribution < -0.4 is 0 Å². The summed E-state index contributed by atoms with van der Waals surface area (Å²) in [6.45, 7) is 4.30. The van der Waals surface area contributed by atoms with Crippen LogP contribution in [0.25, 0.3) is 5.57 Å². The summed E-state index contributed by atoms with van der Waals surface area (Å²) in [5, 5.41) is 9.89. The molecule has 4 rings (SSSR count). The molecule has 0 saturated heterocycles. The molecule has 1 aliphatic carbocycles. The molecule has 0 saturated carbocycles. The van der Waals surface area contributed by atoms with Crippen LogP contribution >= 0.6 is 0 Å². The molecule has 0 bridgehead atoms. The number of nitriles is 1. The van der Waals surface area contributed by atoms with Crippen LogP contribution in [0.15, 0.2) is 95.1 Å². The quantitative estimate of drug-likeness (QED) is 0.754. The van der Waals surface area contributed by atoms with Crippen molar-refractivity contribution in [1.82, 2.24) is 4.90 Å². The number of carbonyl (C=O) groups is 1. The molecule has 27 heavy (non-hydrogen) atoms. The molecule has 4 nitrogen and oxygen atoms in total. The lowest BCUT2D eigenvalue weighted by molar-refractivity contribution is -0.119. The molecule has 0 N–H and O–H groups in total. The van der Waals surface area contributed by atoms with Crippen molar-refractivity contribution in [2.75, 3.05) is 6.54 Å². The second-order valence-corrected chi connectivity index (χ2v) is 6.55. The molecule has 1 aromatic carbocycles. The van der Waals surface area contributed by atoms with Crippen LogP contribution in [0.1, 0.15) is 23.5 Å². The van der Waals surface area contributed by atoms with Gasteiger partial charge in [-0.15, -0.1) is 6.58 Å². The van der Waals surface area contributed by atoms with E-state index in [0.717, 1.165) is 27.8 Å². The Morgan fingerprint density at radius 2 is 2.11 bits per heavy atom. The molecule has 0 radical (unpaired) electrons. The highest BCUT2D eigenvalue weighted by Crippen LogP contribution is 2.43. The third-order valence-corrected chi connectivity index (χ3v) is 4.89. The summed E-state index contributed by atoms with van der Waals surface area (Å²) in [6, 6.07) is 14.0. The first-order valence-electron chi connectivity index (χ1n) is 8.78. The Morgan fingerprint density at radius 3 is 2.78 bits per heavy atom. The first-order chi connectivity index (χ1) is 13.2. The number of ketones is 1. The fraction of sp³-hybridized carbons (Fsp3) is 0.130. The standard InChI is InChI=1S/C23H18N2O2/c1-2-9-25-14-18-11-22(26)19(17-8-10-27-15-17)12-20(18)23(21(25)13-24)16-6-4-3-5-7-16/h2-8,10,12,14-15,19H,1,9,11H2. The van der Waals surface area contributed by atoms with Crippen LogP contribution in [0, 0.1) is 11.3 Å². The van der Waals surface area contributed by atoms with E-state index < -0.39 is 0 Å². The number of furan rings is 1. The summed E-state index contributed by atoms with van der Waals surface area (Å²) in [5.74, 6) is -0.238. The zero-order valence-corrected chi connectivity index (χ0v) is 14.8. The van der Waals surface area contributed by atoms with Crippen molar-refractivity contribution in [3.63, 3.8) is 0 Å². The number of benzene rings is 1. The summed E-state index contributed by atoms with van der Waals surface area (Å²) in [7, 11) is 0. The Kier molecular flexibility index (Phi) is 4.35. The maximum Gasteiger partial charge on any atom is 0.148 e. The minimum absolute atomic E-state index is 0.123. The van der Waals surface area contributed by atoms with E-state index in [1.807, 2.05) is 53.6 Å². The summed E-state index contributed by atoms with van der Waals surface area (Å²) in [6.07, 6.45) is 9.14. The van der Waals surface area contributed by atoms with Crippen LogP contribution in [0.4, 0.5) is 0 Å². The maximum absolute atomic E-state index is 12.8. The van der Waals surface area contributed by atoms with Crippen molar-refractivity contribution in [2.24, 2.45) is 0 Å². The molecule has 132 valence electrons. The summed E-state index contributed by atoms with van der Waals surface area (Å²) in [4.78, 5) is 14.6. The van der Waals surface area contributed by atoms with Crippen molar-refractivity contribution in [3.05, 3.63) is 102 Å². The van der Waals surface area contributed by atoms with E-state index in [1.54, 1.807) is 18.6 Å². The molecule has 4 heteroatoms. The topological polar surface area (TPSA) is 57.2 Å². The number of nitrogens with zero attached hydrogens (tertiary/aromatic N) is 2. The highest BCUT2D eigenvalue weighted by atomic mass is 16.3. The van der Waals surface area contributed by atoms with Gasteiger partial charge in [-0.2, -0.15) is 5.26 Å². The van der Waals surface area contributed by atoms with Gasteiger partial charge in [-0.1, -0.05) is 42.5 Å². The summed E-state index contributed by atoms with van der Waals surface area (Å²) in [5.41, 5.74) is 5.10. The van der Waals surface area contributed by atoms with Crippen molar-refractivity contribution < 1.29 is 9.21 Å².